The van der Waals surface area contributed by atoms with Gasteiger partial charge in [-0.1, -0.05) is 22.5 Å². The van der Waals surface area contributed by atoms with E-state index in [0.29, 0.717) is 28.9 Å². The van der Waals surface area contributed by atoms with Crippen LogP contribution >= 0.6 is 0 Å². The summed E-state index contributed by atoms with van der Waals surface area (Å²) >= 11 is 0. The summed E-state index contributed by atoms with van der Waals surface area (Å²) in [5, 5.41) is 12.0. The van der Waals surface area contributed by atoms with Crippen LogP contribution in [0.4, 0.5) is 4.39 Å². The van der Waals surface area contributed by atoms with Crippen LogP contribution in [0.1, 0.15) is 43.3 Å². The first kappa shape index (κ1) is 16.8. The molecule has 0 spiro atoms. The Morgan fingerprint density at radius 3 is 2.77 bits per heavy atom. The summed E-state index contributed by atoms with van der Waals surface area (Å²) in [5.74, 6) is 0.709. The Morgan fingerprint density at radius 2 is 2.08 bits per heavy atom. The molecule has 0 amide bonds. The van der Waals surface area contributed by atoms with Gasteiger partial charge in [-0.15, -0.1) is 5.10 Å². The van der Waals surface area contributed by atoms with Gasteiger partial charge in [0.25, 0.3) is 0 Å². The summed E-state index contributed by atoms with van der Waals surface area (Å²) in [7, 11) is 0. The molecule has 1 atom stereocenters. The van der Waals surface area contributed by atoms with Crippen molar-refractivity contribution in [2.75, 3.05) is 13.1 Å². The van der Waals surface area contributed by atoms with Gasteiger partial charge >= 0.3 is 0 Å². The van der Waals surface area contributed by atoms with E-state index < -0.39 is 0 Å². The van der Waals surface area contributed by atoms with Crippen molar-refractivity contribution in [3.8, 4) is 11.4 Å². The summed E-state index contributed by atoms with van der Waals surface area (Å²) in [4.78, 5) is 6.80. The average Bonchev–Trinajstić information content (AvgIpc) is 3.36. The van der Waals surface area contributed by atoms with E-state index in [1.807, 2.05) is 10.9 Å². The smallest absolute Gasteiger partial charge is 0.244 e. The maximum Gasteiger partial charge on any atom is 0.244 e. The Labute approximate surface area is 150 Å². The molecule has 26 heavy (non-hydrogen) atoms. The van der Waals surface area contributed by atoms with Gasteiger partial charge in [-0.3, -0.25) is 4.90 Å². The zero-order valence-corrected chi connectivity index (χ0v) is 14.8. The van der Waals surface area contributed by atoms with E-state index in [2.05, 4.69) is 32.3 Å². The molecule has 0 radical (unpaired) electrons. The number of likely N-dealkylation sites (tertiary alicyclic amines) is 1. The molecule has 1 aliphatic heterocycles. The molecule has 1 fully saturated rings. The predicted molar refractivity (Wildman–Crippen MR) is 92.7 cm³/mol. The maximum absolute atomic E-state index is 13.8. The first-order valence-corrected chi connectivity index (χ1v) is 8.82. The van der Waals surface area contributed by atoms with Crippen molar-refractivity contribution in [2.24, 2.45) is 0 Å². The number of aromatic nitrogens is 5. The van der Waals surface area contributed by atoms with Gasteiger partial charge in [-0.25, -0.2) is 9.07 Å². The molecule has 7 nitrogen and oxygen atoms in total. The third-order valence-corrected chi connectivity index (χ3v) is 5.09. The molecule has 0 aliphatic carbocycles. The molecule has 4 rings (SSSR count). The SMILES string of the molecule is Cc1ccc(-c2noc(C(C)N3CCC(n4ccnn4)CC3)n2)cc1F. The number of nitrogens with zero attached hydrogens (tertiary/aromatic N) is 6. The highest BCUT2D eigenvalue weighted by atomic mass is 19.1. The van der Waals surface area contributed by atoms with Gasteiger partial charge in [0.1, 0.15) is 5.82 Å². The summed E-state index contributed by atoms with van der Waals surface area (Å²) < 4.78 is 21.1. The normalized spacial score (nSPS) is 17.5. The fraction of sp³-hybridized carbons (Fsp3) is 0.444. The first-order valence-electron chi connectivity index (χ1n) is 8.82. The van der Waals surface area contributed by atoms with E-state index in [1.165, 1.54) is 6.07 Å². The maximum atomic E-state index is 13.8. The van der Waals surface area contributed by atoms with Crippen molar-refractivity contribution in [3.63, 3.8) is 0 Å². The van der Waals surface area contributed by atoms with Gasteiger partial charge in [-0.05, 0) is 38.3 Å². The number of halogens is 1. The van der Waals surface area contributed by atoms with Crippen LogP contribution in [0.15, 0.2) is 35.1 Å². The number of piperidine rings is 1. The van der Waals surface area contributed by atoms with Crippen molar-refractivity contribution in [1.82, 2.24) is 30.0 Å². The number of aryl methyl sites for hydroxylation is 1. The quantitative estimate of drug-likeness (QED) is 0.715. The molecule has 2 aromatic heterocycles. The number of benzene rings is 1. The monoisotopic (exact) mass is 356 g/mol. The molecular formula is C18H21FN6O. The van der Waals surface area contributed by atoms with Crippen LogP contribution in [-0.2, 0) is 0 Å². The van der Waals surface area contributed by atoms with Crippen molar-refractivity contribution < 1.29 is 8.91 Å². The van der Waals surface area contributed by atoms with Gasteiger partial charge in [-0.2, -0.15) is 4.98 Å². The third-order valence-electron chi connectivity index (χ3n) is 5.09. The van der Waals surface area contributed by atoms with Crippen LogP contribution in [0.3, 0.4) is 0 Å². The fourth-order valence-electron chi connectivity index (χ4n) is 3.36. The van der Waals surface area contributed by atoms with Crippen molar-refractivity contribution in [1.29, 1.82) is 0 Å². The lowest BCUT2D eigenvalue weighted by molar-refractivity contribution is 0.118. The molecule has 3 aromatic rings. The molecular weight excluding hydrogens is 335 g/mol. The molecule has 8 heteroatoms. The second-order valence-electron chi connectivity index (χ2n) is 6.75. The summed E-state index contributed by atoms with van der Waals surface area (Å²) in [6.45, 7) is 5.62. The predicted octanol–water partition coefficient (Wildman–Crippen LogP) is 3.17. The minimum absolute atomic E-state index is 0.0169. The largest absolute Gasteiger partial charge is 0.337 e. The topological polar surface area (TPSA) is 72.9 Å². The minimum atomic E-state index is -0.267. The summed E-state index contributed by atoms with van der Waals surface area (Å²) in [5.41, 5.74) is 1.22. The van der Waals surface area contributed by atoms with E-state index in [4.69, 9.17) is 4.52 Å². The highest BCUT2D eigenvalue weighted by molar-refractivity contribution is 5.54. The fourth-order valence-corrected chi connectivity index (χ4v) is 3.36. The Hall–Kier alpha value is -2.61. The lowest BCUT2D eigenvalue weighted by atomic mass is 10.0. The number of hydrogen-bond acceptors (Lipinski definition) is 6. The van der Waals surface area contributed by atoms with E-state index in [9.17, 15) is 4.39 Å². The van der Waals surface area contributed by atoms with Gasteiger partial charge in [0.15, 0.2) is 0 Å². The molecule has 136 valence electrons. The van der Waals surface area contributed by atoms with Crippen LogP contribution in [0, 0.1) is 12.7 Å². The average molecular weight is 356 g/mol. The van der Waals surface area contributed by atoms with E-state index >= 15 is 0 Å². The zero-order valence-electron chi connectivity index (χ0n) is 14.8. The van der Waals surface area contributed by atoms with Crippen molar-refractivity contribution >= 4 is 0 Å². The molecule has 1 saturated heterocycles. The second-order valence-corrected chi connectivity index (χ2v) is 6.75. The Bertz CT molecular complexity index is 870. The molecule has 0 N–H and O–H groups in total. The lowest BCUT2D eigenvalue weighted by Gasteiger charge is -2.34. The Morgan fingerprint density at radius 1 is 1.27 bits per heavy atom. The van der Waals surface area contributed by atoms with Crippen LogP contribution in [0.25, 0.3) is 11.4 Å². The standard InChI is InChI=1S/C18H21FN6O/c1-12-3-4-14(11-16(12)19)17-21-18(26-22-17)13(2)24-8-5-15(6-9-24)25-10-7-20-23-25/h3-4,7,10-11,13,15H,5-6,8-9H2,1-2H3. The van der Waals surface area contributed by atoms with E-state index in [1.54, 1.807) is 25.3 Å². The zero-order chi connectivity index (χ0) is 18.1. The lowest BCUT2D eigenvalue weighted by Crippen LogP contribution is -2.36. The van der Waals surface area contributed by atoms with Crippen LogP contribution in [-0.4, -0.2) is 43.1 Å². The molecule has 3 heterocycles. The summed E-state index contributed by atoms with van der Waals surface area (Å²) in [6, 6.07) is 5.37. The van der Waals surface area contributed by atoms with Crippen LogP contribution < -0.4 is 0 Å². The van der Waals surface area contributed by atoms with E-state index in [0.717, 1.165) is 25.9 Å². The summed E-state index contributed by atoms with van der Waals surface area (Å²) in [6.07, 6.45) is 5.62. The highest BCUT2D eigenvalue weighted by Gasteiger charge is 2.28. The molecule has 1 aliphatic rings. The Balaban J connectivity index is 1.43. The van der Waals surface area contributed by atoms with Gasteiger partial charge in [0.2, 0.25) is 11.7 Å². The molecule has 1 aromatic carbocycles. The van der Waals surface area contributed by atoms with Gasteiger partial charge in [0, 0.05) is 24.8 Å². The molecule has 0 saturated carbocycles. The minimum Gasteiger partial charge on any atom is -0.337 e. The number of rotatable bonds is 4. The van der Waals surface area contributed by atoms with Crippen LogP contribution in [0.2, 0.25) is 0 Å². The highest BCUT2D eigenvalue weighted by Crippen LogP contribution is 2.29. The molecule has 0 bridgehead atoms. The van der Waals surface area contributed by atoms with Crippen molar-refractivity contribution in [2.45, 2.75) is 38.8 Å². The van der Waals surface area contributed by atoms with Crippen molar-refractivity contribution in [3.05, 3.63) is 47.9 Å². The van der Waals surface area contributed by atoms with Gasteiger partial charge < -0.3 is 4.52 Å². The first-order chi connectivity index (χ1) is 12.6. The number of hydrogen-bond donors (Lipinski definition) is 0. The van der Waals surface area contributed by atoms with E-state index in [-0.39, 0.29) is 11.9 Å². The third kappa shape index (κ3) is 3.24. The Kier molecular flexibility index (Phi) is 4.50. The second kappa shape index (κ2) is 6.95. The molecule has 1 unspecified atom stereocenters. The van der Waals surface area contributed by atoms with Gasteiger partial charge in [0.05, 0.1) is 18.3 Å². The van der Waals surface area contributed by atoms with Crippen LogP contribution in [0.5, 0.6) is 0 Å².